The first-order valence-electron chi connectivity index (χ1n) is 6.19. The van der Waals surface area contributed by atoms with Crippen molar-refractivity contribution in [1.29, 1.82) is 5.26 Å². The topological polar surface area (TPSA) is 59.3 Å². The number of nitrogens with zero attached hydrogens (tertiary/aromatic N) is 2. The van der Waals surface area contributed by atoms with E-state index in [0.717, 1.165) is 18.8 Å². The Bertz CT molecular complexity index is 381. The maximum Gasteiger partial charge on any atom is 0.0640 e. The average molecular weight is 247 g/mol. The fourth-order valence-corrected chi connectivity index (χ4v) is 1.64. The highest BCUT2D eigenvalue weighted by Gasteiger charge is 2.01. The van der Waals surface area contributed by atoms with Crippen LogP contribution in [0.1, 0.15) is 18.9 Å². The van der Waals surface area contributed by atoms with Crippen molar-refractivity contribution in [2.45, 2.75) is 26.0 Å². The van der Waals surface area contributed by atoms with Crippen LogP contribution in [0.3, 0.4) is 0 Å². The summed E-state index contributed by atoms with van der Waals surface area (Å²) in [5.74, 6) is 0. The van der Waals surface area contributed by atoms with Crippen molar-refractivity contribution in [2.75, 3.05) is 25.0 Å². The fourth-order valence-electron chi connectivity index (χ4n) is 1.64. The molecule has 0 radical (unpaired) electrons. The minimum Gasteiger partial charge on any atom is -0.392 e. The summed E-state index contributed by atoms with van der Waals surface area (Å²) in [5.41, 5.74) is 2.30. The van der Waals surface area contributed by atoms with Crippen LogP contribution in [0, 0.1) is 11.3 Å². The van der Waals surface area contributed by atoms with Crippen LogP contribution < -0.4 is 10.2 Å². The summed E-state index contributed by atoms with van der Waals surface area (Å²) in [5, 5.41) is 20.9. The van der Waals surface area contributed by atoms with Gasteiger partial charge in [0.1, 0.15) is 0 Å². The molecule has 4 nitrogen and oxygen atoms in total. The molecule has 0 heterocycles. The van der Waals surface area contributed by atoms with Gasteiger partial charge in [0.05, 0.1) is 18.6 Å². The number of benzene rings is 1. The van der Waals surface area contributed by atoms with Crippen LogP contribution in [0.25, 0.3) is 0 Å². The quantitative estimate of drug-likeness (QED) is 0.766. The maximum absolute atomic E-state index is 9.13. The molecule has 0 bridgehead atoms. The van der Waals surface area contributed by atoms with Crippen molar-refractivity contribution >= 4 is 5.69 Å². The van der Waals surface area contributed by atoms with Gasteiger partial charge in [0.15, 0.2) is 0 Å². The van der Waals surface area contributed by atoms with Crippen LogP contribution in [-0.4, -0.2) is 31.3 Å². The number of hydrogen-bond donors (Lipinski definition) is 2. The van der Waals surface area contributed by atoms with Gasteiger partial charge >= 0.3 is 0 Å². The first-order chi connectivity index (χ1) is 8.63. The molecule has 1 aromatic carbocycles. The second kappa shape index (κ2) is 7.70. The van der Waals surface area contributed by atoms with Gasteiger partial charge in [0.25, 0.3) is 0 Å². The lowest BCUT2D eigenvalue weighted by atomic mass is 10.2. The van der Waals surface area contributed by atoms with Crippen molar-refractivity contribution < 1.29 is 5.11 Å². The molecule has 0 amide bonds. The normalized spacial score (nSPS) is 11.9. The zero-order valence-electron chi connectivity index (χ0n) is 11.1. The highest BCUT2D eigenvalue weighted by atomic mass is 16.3. The molecule has 98 valence electrons. The summed E-state index contributed by atoms with van der Waals surface area (Å²) >= 11 is 0. The summed E-state index contributed by atoms with van der Waals surface area (Å²) < 4.78 is 0. The van der Waals surface area contributed by atoms with Gasteiger partial charge in [-0.05, 0) is 24.6 Å². The molecule has 0 aromatic heterocycles. The van der Waals surface area contributed by atoms with Crippen LogP contribution in [0.15, 0.2) is 24.3 Å². The lowest BCUT2D eigenvalue weighted by Gasteiger charge is -2.18. The molecule has 0 aliphatic heterocycles. The number of aliphatic hydroxyl groups is 1. The van der Waals surface area contributed by atoms with Crippen LogP contribution in [0.5, 0.6) is 0 Å². The van der Waals surface area contributed by atoms with Gasteiger partial charge in [0.2, 0.25) is 0 Å². The monoisotopic (exact) mass is 247 g/mol. The van der Waals surface area contributed by atoms with E-state index in [-0.39, 0.29) is 6.10 Å². The smallest absolute Gasteiger partial charge is 0.0640 e. The SMILES string of the molecule is CC(O)CNCc1ccc(N(C)CCC#N)cc1. The van der Waals surface area contributed by atoms with Gasteiger partial charge in [0, 0.05) is 32.4 Å². The summed E-state index contributed by atoms with van der Waals surface area (Å²) in [6.45, 7) is 3.87. The molecule has 1 aromatic rings. The van der Waals surface area contributed by atoms with Crippen molar-refractivity contribution in [3.05, 3.63) is 29.8 Å². The molecule has 0 fully saturated rings. The van der Waals surface area contributed by atoms with E-state index in [9.17, 15) is 0 Å². The highest BCUT2D eigenvalue weighted by Crippen LogP contribution is 2.13. The first kappa shape index (κ1) is 14.5. The van der Waals surface area contributed by atoms with Crippen molar-refractivity contribution in [2.24, 2.45) is 0 Å². The molecule has 0 aliphatic rings. The fraction of sp³-hybridized carbons (Fsp3) is 0.500. The predicted molar refractivity (Wildman–Crippen MR) is 73.3 cm³/mol. The zero-order chi connectivity index (χ0) is 13.4. The molecule has 0 saturated heterocycles. The summed E-state index contributed by atoms with van der Waals surface area (Å²) in [6.07, 6.45) is 0.218. The Kier molecular flexibility index (Phi) is 6.20. The van der Waals surface area contributed by atoms with E-state index in [1.165, 1.54) is 5.56 Å². The van der Waals surface area contributed by atoms with Crippen LogP contribution in [0.2, 0.25) is 0 Å². The third kappa shape index (κ3) is 5.17. The molecule has 18 heavy (non-hydrogen) atoms. The third-order valence-corrected chi connectivity index (χ3v) is 2.71. The van der Waals surface area contributed by atoms with Gasteiger partial charge in [-0.3, -0.25) is 0 Å². The first-order valence-corrected chi connectivity index (χ1v) is 6.19. The van der Waals surface area contributed by atoms with Gasteiger partial charge in [-0.2, -0.15) is 5.26 Å². The van der Waals surface area contributed by atoms with E-state index in [4.69, 9.17) is 10.4 Å². The summed E-state index contributed by atoms with van der Waals surface area (Å²) in [4.78, 5) is 2.07. The van der Waals surface area contributed by atoms with E-state index < -0.39 is 0 Å². The number of rotatable bonds is 7. The minimum atomic E-state index is -0.318. The van der Waals surface area contributed by atoms with E-state index in [2.05, 4.69) is 40.6 Å². The average Bonchev–Trinajstić information content (AvgIpc) is 2.36. The molecule has 1 rings (SSSR count). The molecular formula is C14H21N3O. The van der Waals surface area contributed by atoms with Crippen LogP contribution >= 0.6 is 0 Å². The molecule has 2 N–H and O–H groups in total. The number of nitrogens with one attached hydrogen (secondary N) is 1. The third-order valence-electron chi connectivity index (χ3n) is 2.71. The minimum absolute atomic E-state index is 0.318. The molecule has 0 aliphatic carbocycles. The predicted octanol–water partition coefficient (Wildman–Crippen LogP) is 1.51. The van der Waals surface area contributed by atoms with Crippen molar-refractivity contribution in [3.8, 4) is 6.07 Å². The Morgan fingerprint density at radius 1 is 1.39 bits per heavy atom. The highest BCUT2D eigenvalue weighted by molar-refractivity contribution is 5.46. The van der Waals surface area contributed by atoms with Gasteiger partial charge in [-0.25, -0.2) is 0 Å². The Morgan fingerprint density at radius 3 is 2.61 bits per heavy atom. The Morgan fingerprint density at radius 2 is 2.06 bits per heavy atom. The van der Waals surface area contributed by atoms with E-state index in [1.54, 1.807) is 6.92 Å². The van der Waals surface area contributed by atoms with Crippen molar-refractivity contribution in [3.63, 3.8) is 0 Å². The second-order valence-electron chi connectivity index (χ2n) is 4.48. The maximum atomic E-state index is 9.13. The standard InChI is InChI=1S/C14H21N3O/c1-12(18)10-16-11-13-4-6-14(7-5-13)17(2)9-3-8-15/h4-7,12,16,18H,3,9-11H2,1-2H3. The van der Waals surface area contributed by atoms with Crippen LogP contribution in [0.4, 0.5) is 5.69 Å². The van der Waals surface area contributed by atoms with Crippen molar-refractivity contribution in [1.82, 2.24) is 5.32 Å². The number of aliphatic hydroxyl groups excluding tert-OH is 1. The molecular weight excluding hydrogens is 226 g/mol. The number of nitriles is 1. The zero-order valence-corrected chi connectivity index (χ0v) is 11.1. The molecule has 1 atom stereocenters. The van der Waals surface area contributed by atoms with E-state index >= 15 is 0 Å². The number of hydrogen-bond acceptors (Lipinski definition) is 4. The largest absolute Gasteiger partial charge is 0.392 e. The van der Waals surface area contributed by atoms with Gasteiger partial charge < -0.3 is 15.3 Å². The molecule has 1 unspecified atom stereocenters. The second-order valence-corrected chi connectivity index (χ2v) is 4.48. The Labute approximate surface area is 109 Å². The Hall–Kier alpha value is -1.57. The molecule has 0 saturated carbocycles. The summed E-state index contributed by atoms with van der Waals surface area (Å²) in [6, 6.07) is 10.4. The molecule has 4 heteroatoms. The lowest BCUT2D eigenvalue weighted by molar-refractivity contribution is 0.191. The van der Waals surface area contributed by atoms with E-state index in [1.807, 2.05) is 7.05 Å². The molecule has 0 spiro atoms. The van der Waals surface area contributed by atoms with E-state index in [0.29, 0.717) is 13.0 Å². The number of anilines is 1. The Balaban J connectivity index is 2.44. The summed E-state index contributed by atoms with van der Waals surface area (Å²) in [7, 11) is 1.98. The lowest BCUT2D eigenvalue weighted by Crippen LogP contribution is -2.23. The van der Waals surface area contributed by atoms with Gasteiger partial charge in [-0.1, -0.05) is 12.1 Å². The van der Waals surface area contributed by atoms with Crippen LogP contribution in [-0.2, 0) is 6.54 Å². The van der Waals surface area contributed by atoms with Gasteiger partial charge in [-0.15, -0.1) is 0 Å².